The standard InChI is InChI=1S/C23H22N2O3/c24-9-1-2-10-27-20-8-4-7-19(14-20)25-15-18-13-23(26)28-22-12-17-6-3-5-16(17)11-21(18)22/h4,7-8,11-14,25H,1-3,5-6,10,15H2. The predicted octanol–water partition coefficient (Wildman–Crippen LogP) is 4.58. The summed E-state index contributed by atoms with van der Waals surface area (Å²) in [5.74, 6) is 0.762. The van der Waals surface area contributed by atoms with E-state index in [4.69, 9.17) is 14.4 Å². The Labute approximate surface area is 163 Å². The van der Waals surface area contributed by atoms with Gasteiger partial charge in [-0.05, 0) is 66.6 Å². The molecule has 0 aliphatic heterocycles. The van der Waals surface area contributed by atoms with Gasteiger partial charge in [-0.1, -0.05) is 6.07 Å². The summed E-state index contributed by atoms with van der Waals surface area (Å²) in [5.41, 5.74) is 4.84. The Morgan fingerprint density at radius 3 is 2.86 bits per heavy atom. The van der Waals surface area contributed by atoms with Gasteiger partial charge in [0.2, 0.25) is 0 Å². The number of nitriles is 1. The van der Waals surface area contributed by atoms with Crippen molar-refractivity contribution in [1.29, 1.82) is 5.26 Å². The molecule has 0 fully saturated rings. The maximum Gasteiger partial charge on any atom is 0.336 e. The second kappa shape index (κ2) is 8.18. The lowest BCUT2D eigenvalue weighted by Crippen LogP contribution is -2.06. The summed E-state index contributed by atoms with van der Waals surface area (Å²) in [7, 11) is 0. The normalized spacial score (nSPS) is 12.5. The second-order valence-corrected chi connectivity index (χ2v) is 7.05. The molecule has 1 aliphatic carbocycles. The zero-order valence-corrected chi connectivity index (χ0v) is 15.7. The van der Waals surface area contributed by atoms with Crippen LogP contribution in [0.1, 0.15) is 36.0 Å². The number of anilines is 1. The molecule has 3 aromatic rings. The molecule has 0 spiro atoms. The maximum absolute atomic E-state index is 12.0. The van der Waals surface area contributed by atoms with Gasteiger partial charge in [-0.15, -0.1) is 0 Å². The van der Waals surface area contributed by atoms with Crippen molar-refractivity contribution in [3.8, 4) is 11.8 Å². The van der Waals surface area contributed by atoms with Crippen LogP contribution in [0.3, 0.4) is 0 Å². The quantitative estimate of drug-likeness (QED) is 0.484. The molecule has 1 heterocycles. The first-order valence-electron chi connectivity index (χ1n) is 9.65. The highest BCUT2D eigenvalue weighted by molar-refractivity contribution is 5.82. The van der Waals surface area contributed by atoms with Gasteiger partial charge in [-0.2, -0.15) is 5.26 Å². The number of ether oxygens (including phenoxy) is 1. The second-order valence-electron chi connectivity index (χ2n) is 7.05. The largest absolute Gasteiger partial charge is 0.493 e. The SMILES string of the molecule is N#CCCCOc1cccc(NCc2cc(=O)oc3cc4c(cc23)CCC4)c1. The van der Waals surface area contributed by atoms with E-state index >= 15 is 0 Å². The summed E-state index contributed by atoms with van der Waals surface area (Å²) in [4.78, 5) is 12.0. The number of nitrogens with one attached hydrogen (secondary N) is 1. The van der Waals surface area contributed by atoms with Gasteiger partial charge in [0.05, 0.1) is 12.7 Å². The van der Waals surface area contributed by atoms with E-state index in [2.05, 4.69) is 17.5 Å². The zero-order valence-electron chi connectivity index (χ0n) is 15.7. The first-order chi connectivity index (χ1) is 13.7. The number of aryl methyl sites for hydroxylation is 2. The third-order valence-corrected chi connectivity index (χ3v) is 5.06. The zero-order chi connectivity index (χ0) is 19.3. The first-order valence-corrected chi connectivity index (χ1v) is 9.65. The molecule has 5 heteroatoms. The van der Waals surface area contributed by atoms with Gasteiger partial charge in [0, 0.05) is 36.2 Å². The fourth-order valence-electron chi connectivity index (χ4n) is 3.68. The van der Waals surface area contributed by atoms with Crippen molar-refractivity contribution < 1.29 is 9.15 Å². The molecular weight excluding hydrogens is 352 g/mol. The average Bonchev–Trinajstić information content (AvgIpc) is 3.15. The molecule has 0 saturated carbocycles. The van der Waals surface area contributed by atoms with Crippen molar-refractivity contribution in [3.63, 3.8) is 0 Å². The van der Waals surface area contributed by atoms with Gasteiger partial charge < -0.3 is 14.5 Å². The molecular formula is C23H22N2O3. The molecule has 142 valence electrons. The van der Waals surface area contributed by atoms with Crippen LogP contribution < -0.4 is 15.7 Å². The van der Waals surface area contributed by atoms with Gasteiger partial charge in [0.15, 0.2) is 0 Å². The highest BCUT2D eigenvalue weighted by atomic mass is 16.5. The molecule has 1 aromatic heterocycles. The molecule has 1 N–H and O–H groups in total. The Hall–Kier alpha value is -3.26. The molecule has 5 nitrogen and oxygen atoms in total. The molecule has 0 atom stereocenters. The van der Waals surface area contributed by atoms with Crippen LogP contribution >= 0.6 is 0 Å². The maximum atomic E-state index is 12.0. The average molecular weight is 374 g/mol. The van der Waals surface area contributed by atoms with E-state index in [1.54, 1.807) is 6.07 Å². The van der Waals surface area contributed by atoms with E-state index in [0.717, 1.165) is 41.6 Å². The van der Waals surface area contributed by atoms with Crippen molar-refractivity contribution >= 4 is 16.7 Å². The monoisotopic (exact) mass is 374 g/mol. The number of unbranched alkanes of at least 4 members (excludes halogenated alkanes) is 1. The minimum absolute atomic E-state index is 0.322. The number of rotatable bonds is 7. The van der Waals surface area contributed by atoms with Crippen LogP contribution in [0.2, 0.25) is 0 Å². The first kappa shape index (κ1) is 18.1. The van der Waals surface area contributed by atoms with Crippen molar-refractivity contribution in [1.82, 2.24) is 0 Å². The van der Waals surface area contributed by atoms with Crippen molar-refractivity contribution in [2.24, 2.45) is 0 Å². The van der Waals surface area contributed by atoms with E-state index in [1.165, 1.54) is 11.1 Å². The minimum Gasteiger partial charge on any atom is -0.493 e. The van der Waals surface area contributed by atoms with Gasteiger partial charge in [-0.3, -0.25) is 0 Å². The Bertz CT molecular complexity index is 1100. The highest BCUT2D eigenvalue weighted by Crippen LogP contribution is 2.29. The van der Waals surface area contributed by atoms with Gasteiger partial charge in [-0.25, -0.2) is 4.79 Å². The molecule has 0 saturated heterocycles. The summed E-state index contributed by atoms with van der Waals surface area (Å²) in [6.07, 6.45) is 4.50. The molecule has 2 aromatic carbocycles. The summed E-state index contributed by atoms with van der Waals surface area (Å²) in [6, 6.07) is 15.6. The van der Waals surface area contributed by atoms with Crippen molar-refractivity contribution in [2.75, 3.05) is 11.9 Å². The van der Waals surface area contributed by atoms with E-state index in [1.807, 2.05) is 30.3 Å². The molecule has 0 bridgehead atoms. The summed E-state index contributed by atoms with van der Waals surface area (Å²) in [5, 5.41) is 13.0. The van der Waals surface area contributed by atoms with E-state index in [9.17, 15) is 4.79 Å². The Kier molecular flexibility index (Phi) is 5.29. The smallest absolute Gasteiger partial charge is 0.336 e. The summed E-state index contributed by atoms with van der Waals surface area (Å²) < 4.78 is 11.1. The topological polar surface area (TPSA) is 75.3 Å². The number of hydrogen-bond donors (Lipinski definition) is 1. The Balaban J connectivity index is 1.51. The van der Waals surface area contributed by atoms with Crippen LogP contribution in [0.4, 0.5) is 5.69 Å². The van der Waals surface area contributed by atoms with Crippen LogP contribution in [0.15, 0.2) is 51.7 Å². The van der Waals surface area contributed by atoms with Crippen LogP contribution in [0, 0.1) is 11.3 Å². The number of hydrogen-bond acceptors (Lipinski definition) is 5. The number of benzene rings is 2. The van der Waals surface area contributed by atoms with E-state index in [-0.39, 0.29) is 5.63 Å². The Morgan fingerprint density at radius 2 is 2.00 bits per heavy atom. The van der Waals surface area contributed by atoms with Gasteiger partial charge in [0.25, 0.3) is 0 Å². The van der Waals surface area contributed by atoms with Gasteiger partial charge >= 0.3 is 5.63 Å². The lowest BCUT2D eigenvalue weighted by atomic mass is 10.0. The van der Waals surface area contributed by atoms with Gasteiger partial charge in [0.1, 0.15) is 11.3 Å². The fraction of sp³-hybridized carbons (Fsp3) is 0.304. The molecule has 1 aliphatic rings. The van der Waals surface area contributed by atoms with Crippen molar-refractivity contribution in [2.45, 2.75) is 38.6 Å². The lowest BCUT2D eigenvalue weighted by Gasteiger charge is -2.11. The van der Waals surface area contributed by atoms with Crippen LogP contribution in [0.5, 0.6) is 5.75 Å². The molecule has 4 rings (SSSR count). The summed E-state index contributed by atoms with van der Waals surface area (Å²) in [6.45, 7) is 1.05. The third-order valence-electron chi connectivity index (χ3n) is 5.06. The minimum atomic E-state index is -0.322. The van der Waals surface area contributed by atoms with Crippen LogP contribution in [0.25, 0.3) is 11.0 Å². The lowest BCUT2D eigenvalue weighted by molar-refractivity contribution is 0.313. The Morgan fingerprint density at radius 1 is 1.14 bits per heavy atom. The summed E-state index contributed by atoms with van der Waals surface area (Å²) >= 11 is 0. The molecule has 0 unspecified atom stereocenters. The fourth-order valence-corrected chi connectivity index (χ4v) is 3.68. The third kappa shape index (κ3) is 4.01. The van der Waals surface area contributed by atoms with E-state index < -0.39 is 0 Å². The number of nitrogens with zero attached hydrogens (tertiary/aromatic N) is 1. The van der Waals surface area contributed by atoms with Crippen LogP contribution in [-0.2, 0) is 19.4 Å². The molecule has 0 radical (unpaired) electrons. The highest BCUT2D eigenvalue weighted by Gasteiger charge is 2.15. The van der Waals surface area contributed by atoms with Crippen molar-refractivity contribution in [3.05, 3.63) is 69.6 Å². The molecule has 28 heavy (non-hydrogen) atoms. The predicted molar refractivity (Wildman–Crippen MR) is 109 cm³/mol. The molecule has 0 amide bonds. The van der Waals surface area contributed by atoms with E-state index in [0.29, 0.717) is 31.6 Å². The van der Waals surface area contributed by atoms with Crippen LogP contribution in [-0.4, -0.2) is 6.61 Å². The number of fused-ring (bicyclic) bond motifs is 2.